The maximum absolute atomic E-state index is 5.18. The average molecular weight is 446 g/mol. The van der Waals surface area contributed by atoms with Gasteiger partial charge in [-0.3, -0.25) is 9.88 Å². The Morgan fingerprint density at radius 2 is 1.97 bits per heavy atom. The van der Waals surface area contributed by atoms with Crippen molar-refractivity contribution in [1.82, 2.24) is 24.3 Å². The molecule has 1 aromatic carbocycles. The Bertz CT molecular complexity index is 1070. The Balaban J connectivity index is 1.48. The lowest BCUT2D eigenvalue weighted by atomic mass is 9.90. The van der Waals surface area contributed by atoms with E-state index in [1.807, 2.05) is 6.20 Å². The van der Waals surface area contributed by atoms with Crippen LogP contribution in [0.15, 0.2) is 42.6 Å². The molecule has 176 valence electrons. The highest BCUT2D eigenvalue weighted by Gasteiger charge is 2.29. The van der Waals surface area contributed by atoms with Crippen LogP contribution in [0.3, 0.4) is 0 Å². The number of pyridine rings is 1. The fraction of sp³-hybridized carbons (Fsp3) is 0.571. The van der Waals surface area contributed by atoms with Gasteiger partial charge >= 0.3 is 0 Å². The molecular weight excluding hydrogens is 406 g/mol. The van der Waals surface area contributed by atoms with E-state index < -0.39 is 0 Å². The Labute approximate surface area is 198 Å². The first kappa shape index (κ1) is 22.5. The van der Waals surface area contributed by atoms with Crippen molar-refractivity contribution in [3.05, 3.63) is 59.7 Å². The van der Waals surface area contributed by atoms with E-state index in [1.54, 1.807) is 0 Å². The molecule has 0 amide bonds. The van der Waals surface area contributed by atoms with Gasteiger partial charge in [-0.25, -0.2) is 4.98 Å². The zero-order chi connectivity index (χ0) is 22.8. The van der Waals surface area contributed by atoms with E-state index in [2.05, 4.69) is 71.7 Å². The van der Waals surface area contributed by atoms with Gasteiger partial charge in [-0.05, 0) is 81.3 Å². The maximum Gasteiger partial charge on any atom is 0.124 e. The highest BCUT2D eigenvalue weighted by atomic mass is 15.2. The van der Waals surface area contributed by atoms with E-state index in [9.17, 15) is 0 Å². The van der Waals surface area contributed by atoms with Gasteiger partial charge in [-0.15, -0.1) is 0 Å². The Hall–Kier alpha value is -2.24. The standard InChI is InChI=1S/C28H39N5/c1-21(2)17-32(26-14-6-10-23-11-7-15-29-28(23)26)20-27-30-24-12-4-5-13-25(24)33(27)19-22-9-8-16-31(3)18-22/h4-5,7,11-13,15,21-22,26H,6,8-10,14,16-20H2,1-3H3/t22-,26-/m0/s1. The summed E-state index contributed by atoms with van der Waals surface area (Å²) in [6.45, 7) is 10.1. The zero-order valence-corrected chi connectivity index (χ0v) is 20.6. The smallest absolute Gasteiger partial charge is 0.124 e. The van der Waals surface area contributed by atoms with Crippen LogP contribution in [0.5, 0.6) is 0 Å². The first-order valence-corrected chi connectivity index (χ1v) is 12.9. The number of para-hydroxylation sites is 2. The van der Waals surface area contributed by atoms with Gasteiger partial charge in [0.05, 0.1) is 29.3 Å². The molecule has 3 heterocycles. The summed E-state index contributed by atoms with van der Waals surface area (Å²) in [5, 5.41) is 0. The van der Waals surface area contributed by atoms with Gasteiger partial charge in [0, 0.05) is 25.8 Å². The van der Waals surface area contributed by atoms with Crippen molar-refractivity contribution in [2.45, 2.75) is 65.1 Å². The lowest BCUT2D eigenvalue weighted by Crippen LogP contribution is -2.36. The summed E-state index contributed by atoms with van der Waals surface area (Å²) in [6.07, 6.45) is 8.16. The highest BCUT2D eigenvalue weighted by Crippen LogP contribution is 2.34. The molecule has 3 aromatic rings. The van der Waals surface area contributed by atoms with Gasteiger partial charge in [0.15, 0.2) is 0 Å². The lowest BCUT2D eigenvalue weighted by molar-refractivity contribution is 0.139. The average Bonchev–Trinajstić information content (AvgIpc) is 3.15. The summed E-state index contributed by atoms with van der Waals surface area (Å²) in [4.78, 5) is 15.2. The number of aryl methyl sites for hydroxylation is 1. The number of nitrogens with zero attached hydrogens (tertiary/aromatic N) is 5. The number of imidazole rings is 1. The maximum atomic E-state index is 5.18. The minimum atomic E-state index is 0.381. The summed E-state index contributed by atoms with van der Waals surface area (Å²) >= 11 is 0. The molecule has 0 radical (unpaired) electrons. The summed E-state index contributed by atoms with van der Waals surface area (Å²) in [6, 6.07) is 13.4. The molecule has 0 N–H and O–H groups in total. The van der Waals surface area contributed by atoms with Gasteiger partial charge in [0.1, 0.15) is 5.82 Å². The second-order valence-corrected chi connectivity index (χ2v) is 10.7. The van der Waals surface area contributed by atoms with Crippen LogP contribution in [0.25, 0.3) is 11.0 Å². The molecule has 1 aliphatic heterocycles. The lowest BCUT2D eigenvalue weighted by Gasteiger charge is -2.36. The third kappa shape index (κ3) is 4.99. The van der Waals surface area contributed by atoms with Gasteiger partial charge in [0.2, 0.25) is 0 Å². The predicted molar refractivity (Wildman–Crippen MR) is 135 cm³/mol. The molecule has 33 heavy (non-hydrogen) atoms. The van der Waals surface area contributed by atoms with Crippen molar-refractivity contribution in [1.29, 1.82) is 0 Å². The van der Waals surface area contributed by atoms with Gasteiger partial charge < -0.3 is 9.47 Å². The van der Waals surface area contributed by atoms with Crippen molar-refractivity contribution in [2.24, 2.45) is 11.8 Å². The Morgan fingerprint density at radius 3 is 2.82 bits per heavy atom. The third-order valence-electron chi connectivity index (χ3n) is 7.45. The molecule has 1 saturated heterocycles. The summed E-state index contributed by atoms with van der Waals surface area (Å²) < 4.78 is 2.54. The number of fused-ring (bicyclic) bond motifs is 2. The molecule has 0 unspecified atom stereocenters. The number of hydrogen-bond donors (Lipinski definition) is 0. The minimum absolute atomic E-state index is 0.381. The zero-order valence-electron chi connectivity index (χ0n) is 20.6. The van der Waals surface area contributed by atoms with Crippen LogP contribution >= 0.6 is 0 Å². The van der Waals surface area contributed by atoms with E-state index in [1.165, 1.54) is 61.4 Å². The van der Waals surface area contributed by atoms with E-state index in [-0.39, 0.29) is 0 Å². The van der Waals surface area contributed by atoms with Crippen LogP contribution < -0.4 is 0 Å². The number of likely N-dealkylation sites (tertiary alicyclic amines) is 1. The molecule has 5 nitrogen and oxygen atoms in total. The Morgan fingerprint density at radius 1 is 1.09 bits per heavy atom. The number of piperidine rings is 1. The molecule has 2 aliphatic rings. The largest absolute Gasteiger partial charge is 0.327 e. The molecule has 1 fully saturated rings. The summed E-state index contributed by atoms with van der Waals surface area (Å²) in [5.41, 5.74) is 5.14. The quantitative estimate of drug-likeness (QED) is 0.494. The molecule has 5 heteroatoms. The van der Waals surface area contributed by atoms with Crippen molar-refractivity contribution >= 4 is 11.0 Å². The predicted octanol–water partition coefficient (Wildman–Crippen LogP) is 5.31. The van der Waals surface area contributed by atoms with Crippen LogP contribution in [0.4, 0.5) is 0 Å². The topological polar surface area (TPSA) is 37.2 Å². The fourth-order valence-electron chi connectivity index (χ4n) is 6.02. The van der Waals surface area contributed by atoms with Crippen LogP contribution in [-0.2, 0) is 19.5 Å². The molecule has 2 atom stereocenters. The molecule has 0 spiro atoms. The first-order chi connectivity index (χ1) is 16.1. The summed E-state index contributed by atoms with van der Waals surface area (Å²) in [7, 11) is 2.26. The Kier molecular flexibility index (Phi) is 6.79. The van der Waals surface area contributed by atoms with Crippen molar-refractivity contribution in [3.8, 4) is 0 Å². The number of benzene rings is 1. The van der Waals surface area contributed by atoms with Crippen LogP contribution in [0.1, 0.15) is 62.7 Å². The summed E-state index contributed by atoms with van der Waals surface area (Å²) in [5.74, 6) is 2.51. The number of rotatable bonds is 7. The molecule has 5 rings (SSSR count). The SMILES string of the molecule is CC(C)CN(Cc1nc2ccccc2n1C[C@H]1CCCN(C)C1)[C@H]1CCCc2cccnc21. The fourth-order valence-corrected chi connectivity index (χ4v) is 6.02. The van der Waals surface area contributed by atoms with Crippen LogP contribution in [-0.4, -0.2) is 51.0 Å². The highest BCUT2D eigenvalue weighted by molar-refractivity contribution is 5.75. The van der Waals surface area contributed by atoms with Gasteiger partial charge in [0.25, 0.3) is 0 Å². The van der Waals surface area contributed by atoms with E-state index >= 15 is 0 Å². The van der Waals surface area contributed by atoms with E-state index in [0.717, 1.165) is 31.6 Å². The molecule has 1 aliphatic carbocycles. The number of aromatic nitrogens is 3. The third-order valence-corrected chi connectivity index (χ3v) is 7.45. The van der Waals surface area contributed by atoms with E-state index in [0.29, 0.717) is 17.9 Å². The number of hydrogen-bond acceptors (Lipinski definition) is 4. The molecular formula is C28H39N5. The second-order valence-electron chi connectivity index (χ2n) is 10.7. The van der Waals surface area contributed by atoms with Crippen molar-refractivity contribution in [3.63, 3.8) is 0 Å². The van der Waals surface area contributed by atoms with Crippen molar-refractivity contribution < 1.29 is 0 Å². The monoisotopic (exact) mass is 445 g/mol. The molecule has 2 aromatic heterocycles. The van der Waals surface area contributed by atoms with E-state index in [4.69, 9.17) is 9.97 Å². The van der Waals surface area contributed by atoms with Gasteiger partial charge in [-0.2, -0.15) is 0 Å². The van der Waals surface area contributed by atoms with Crippen molar-refractivity contribution in [2.75, 3.05) is 26.7 Å². The molecule has 0 bridgehead atoms. The van der Waals surface area contributed by atoms with Crippen LogP contribution in [0.2, 0.25) is 0 Å². The van der Waals surface area contributed by atoms with Crippen LogP contribution in [0, 0.1) is 11.8 Å². The van der Waals surface area contributed by atoms with Gasteiger partial charge in [-0.1, -0.05) is 32.0 Å². The normalized spacial score (nSPS) is 21.7. The second kappa shape index (κ2) is 9.94. The minimum Gasteiger partial charge on any atom is -0.327 e. The molecule has 0 saturated carbocycles. The first-order valence-electron chi connectivity index (χ1n) is 12.9.